The van der Waals surface area contributed by atoms with Crippen LogP contribution >= 0.6 is 0 Å². The molecule has 0 heterocycles. The lowest BCUT2D eigenvalue weighted by Crippen LogP contribution is -1.95. The van der Waals surface area contributed by atoms with Gasteiger partial charge in [-0.2, -0.15) is 0 Å². The monoisotopic (exact) mass is 205 g/mol. The Hall–Kier alpha value is -1.77. The van der Waals surface area contributed by atoms with E-state index < -0.39 is 0 Å². The Labute approximate surface area is 89.8 Å². The SMILES string of the molecule is CNc1cc(C)ccc1/C=C/C(=O)OC. The summed E-state index contributed by atoms with van der Waals surface area (Å²) in [6.45, 7) is 2.02. The summed E-state index contributed by atoms with van der Waals surface area (Å²) in [5.41, 5.74) is 3.14. The van der Waals surface area contributed by atoms with E-state index in [1.165, 1.54) is 18.7 Å². The zero-order valence-electron chi connectivity index (χ0n) is 9.20. The van der Waals surface area contributed by atoms with Crippen LogP contribution in [0.4, 0.5) is 5.69 Å². The van der Waals surface area contributed by atoms with E-state index in [1.807, 2.05) is 32.2 Å². The van der Waals surface area contributed by atoms with Crippen LogP contribution in [-0.2, 0) is 9.53 Å². The molecule has 0 fully saturated rings. The number of aryl methyl sites for hydroxylation is 1. The lowest BCUT2D eigenvalue weighted by Gasteiger charge is -2.05. The van der Waals surface area contributed by atoms with Crippen molar-refractivity contribution >= 4 is 17.7 Å². The molecule has 0 saturated carbocycles. The molecule has 0 spiro atoms. The van der Waals surface area contributed by atoms with Crippen molar-refractivity contribution in [3.63, 3.8) is 0 Å². The molecule has 0 aliphatic heterocycles. The van der Waals surface area contributed by atoms with E-state index in [-0.39, 0.29) is 5.97 Å². The second-order valence-corrected chi connectivity index (χ2v) is 3.20. The Bertz CT molecular complexity index is 383. The fourth-order valence-corrected chi connectivity index (χ4v) is 1.26. The molecule has 1 N–H and O–H groups in total. The van der Waals surface area contributed by atoms with Gasteiger partial charge in [-0.3, -0.25) is 0 Å². The van der Waals surface area contributed by atoms with Crippen molar-refractivity contribution in [1.82, 2.24) is 0 Å². The third-order valence-electron chi connectivity index (χ3n) is 2.08. The Morgan fingerprint density at radius 2 is 2.20 bits per heavy atom. The van der Waals surface area contributed by atoms with E-state index in [0.717, 1.165) is 11.3 Å². The number of hydrogen-bond acceptors (Lipinski definition) is 3. The summed E-state index contributed by atoms with van der Waals surface area (Å²) in [6.07, 6.45) is 3.14. The van der Waals surface area contributed by atoms with Gasteiger partial charge in [0, 0.05) is 18.8 Å². The van der Waals surface area contributed by atoms with Crippen LogP contribution in [0.25, 0.3) is 6.08 Å². The highest BCUT2D eigenvalue weighted by molar-refractivity contribution is 5.88. The van der Waals surface area contributed by atoms with Crippen LogP contribution in [0, 0.1) is 6.92 Å². The van der Waals surface area contributed by atoms with Crippen molar-refractivity contribution in [3.05, 3.63) is 35.4 Å². The molecule has 1 aromatic rings. The van der Waals surface area contributed by atoms with E-state index in [4.69, 9.17) is 0 Å². The Morgan fingerprint density at radius 3 is 2.80 bits per heavy atom. The minimum absolute atomic E-state index is 0.349. The van der Waals surface area contributed by atoms with Gasteiger partial charge in [-0.1, -0.05) is 12.1 Å². The molecular weight excluding hydrogens is 190 g/mol. The molecule has 1 aromatic carbocycles. The number of hydrogen-bond donors (Lipinski definition) is 1. The normalized spacial score (nSPS) is 10.3. The Morgan fingerprint density at radius 1 is 1.47 bits per heavy atom. The maximum atomic E-state index is 10.9. The highest BCUT2D eigenvalue weighted by Crippen LogP contribution is 2.18. The quantitative estimate of drug-likeness (QED) is 0.607. The first kappa shape index (κ1) is 11.3. The van der Waals surface area contributed by atoms with E-state index in [0.29, 0.717) is 0 Å². The molecule has 1 rings (SSSR count). The van der Waals surface area contributed by atoms with Gasteiger partial charge in [0.1, 0.15) is 0 Å². The van der Waals surface area contributed by atoms with E-state index in [1.54, 1.807) is 6.08 Å². The smallest absolute Gasteiger partial charge is 0.330 e. The minimum atomic E-state index is -0.349. The van der Waals surface area contributed by atoms with Gasteiger partial charge in [0.25, 0.3) is 0 Å². The Kier molecular flexibility index (Phi) is 3.92. The summed E-state index contributed by atoms with van der Waals surface area (Å²) in [4.78, 5) is 10.9. The highest BCUT2D eigenvalue weighted by Gasteiger charge is 1.98. The second-order valence-electron chi connectivity index (χ2n) is 3.20. The molecule has 0 aromatic heterocycles. The van der Waals surface area contributed by atoms with Crippen molar-refractivity contribution in [2.75, 3.05) is 19.5 Å². The van der Waals surface area contributed by atoms with Gasteiger partial charge in [-0.25, -0.2) is 4.79 Å². The third-order valence-corrected chi connectivity index (χ3v) is 2.08. The van der Waals surface area contributed by atoms with Crippen LogP contribution in [0.1, 0.15) is 11.1 Å². The van der Waals surface area contributed by atoms with Crippen LogP contribution in [-0.4, -0.2) is 20.1 Å². The number of rotatable bonds is 3. The van der Waals surface area contributed by atoms with E-state index in [2.05, 4.69) is 10.1 Å². The number of anilines is 1. The lowest BCUT2D eigenvalue weighted by molar-refractivity contribution is -0.134. The van der Waals surface area contributed by atoms with Gasteiger partial charge in [-0.05, 0) is 30.2 Å². The molecule has 3 nitrogen and oxygen atoms in total. The summed E-state index contributed by atoms with van der Waals surface area (Å²) in [5.74, 6) is -0.349. The third kappa shape index (κ3) is 3.13. The van der Waals surface area contributed by atoms with Crippen molar-refractivity contribution < 1.29 is 9.53 Å². The minimum Gasteiger partial charge on any atom is -0.466 e. The lowest BCUT2D eigenvalue weighted by atomic mass is 10.1. The van der Waals surface area contributed by atoms with Gasteiger partial charge in [0.05, 0.1) is 7.11 Å². The van der Waals surface area contributed by atoms with Gasteiger partial charge in [0.2, 0.25) is 0 Å². The molecule has 0 bridgehead atoms. The first-order valence-corrected chi connectivity index (χ1v) is 4.72. The molecule has 0 amide bonds. The van der Waals surface area contributed by atoms with Gasteiger partial charge < -0.3 is 10.1 Å². The molecule has 0 saturated heterocycles. The molecule has 0 radical (unpaired) electrons. The molecule has 0 unspecified atom stereocenters. The molecule has 0 atom stereocenters. The predicted octanol–water partition coefficient (Wildman–Crippen LogP) is 2.22. The number of esters is 1. The van der Waals surface area contributed by atoms with Gasteiger partial charge in [-0.15, -0.1) is 0 Å². The summed E-state index contributed by atoms with van der Waals surface area (Å²) < 4.78 is 4.52. The number of carbonyl (C=O) groups is 1. The number of nitrogens with one attached hydrogen (secondary N) is 1. The summed E-state index contributed by atoms with van der Waals surface area (Å²) in [6, 6.07) is 5.98. The Balaban J connectivity index is 2.94. The van der Waals surface area contributed by atoms with Crippen molar-refractivity contribution in [2.45, 2.75) is 6.92 Å². The predicted molar refractivity (Wildman–Crippen MR) is 61.8 cm³/mol. The maximum Gasteiger partial charge on any atom is 0.330 e. The average molecular weight is 205 g/mol. The molecule has 0 aliphatic rings. The maximum absolute atomic E-state index is 10.9. The van der Waals surface area contributed by atoms with Crippen molar-refractivity contribution in [3.8, 4) is 0 Å². The fraction of sp³-hybridized carbons (Fsp3) is 0.250. The van der Waals surface area contributed by atoms with Gasteiger partial charge >= 0.3 is 5.97 Å². The summed E-state index contributed by atoms with van der Waals surface area (Å²) in [5, 5.41) is 3.07. The van der Waals surface area contributed by atoms with E-state index >= 15 is 0 Å². The molecule has 80 valence electrons. The average Bonchev–Trinajstić information content (AvgIpc) is 2.26. The van der Waals surface area contributed by atoms with Crippen LogP contribution in [0.3, 0.4) is 0 Å². The zero-order chi connectivity index (χ0) is 11.3. The van der Waals surface area contributed by atoms with Crippen molar-refractivity contribution in [1.29, 1.82) is 0 Å². The van der Waals surface area contributed by atoms with Crippen LogP contribution in [0.2, 0.25) is 0 Å². The largest absolute Gasteiger partial charge is 0.466 e. The van der Waals surface area contributed by atoms with Crippen LogP contribution < -0.4 is 5.32 Å². The first-order chi connectivity index (χ1) is 7.17. The molecule has 15 heavy (non-hydrogen) atoms. The molecule has 0 aliphatic carbocycles. The van der Waals surface area contributed by atoms with Crippen molar-refractivity contribution in [2.24, 2.45) is 0 Å². The van der Waals surface area contributed by atoms with Crippen LogP contribution in [0.5, 0.6) is 0 Å². The molecule has 3 heteroatoms. The fourth-order valence-electron chi connectivity index (χ4n) is 1.26. The number of benzene rings is 1. The summed E-state index contributed by atoms with van der Waals surface area (Å²) in [7, 11) is 3.21. The number of methoxy groups -OCH3 is 1. The second kappa shape index (κ2) is 5.20. The summed E-state index contributed by atoms with van der Waals surface area (Å²) >= 11 is 0. The van der Waals surface area contributed by atoms with Crippen LogP contribution in [0.15, 0.2) is 24.3 Å². The zero-order valence-corrected chi connectivity index (χ0v) is 9.20. The topological polar surface area (TPSA) is 38.3 Å². The number of carbonyl (C=O) groups excluding carboxylic acids is 1. The highest BCUT2D eigenvalue weighted by atomic mass is 16.5. The standard InChI is InChI=1S/C12H15NO2/c1-9-4-5-10(11(8-9)13-2)6-7-12(14)15-3/h4-8,13H,1-3H3/b7-6+. The van der Waals surface area contributed by atoms with Gasteiger partial charge in [0.15, 0.2) is 0 Å². The number of ether oxygens (including phenoxy) is 1. The molecular formula is C12H15NO2. The van der Waals surface area contributed by atoms with E-state index in [9.17, 15) is 4.79 Å². The first-order valence-electron chi connectivity index (χ1n) is 4.72.